The van der Waals surface area contributed by atoms with Gasteiger partial charge in [-0.1, -0.05) is 24.3 Å². The lowest BCUT2D eigenvalue weighted by Crippen LogP contribution is -2.34. The number of rotatable bonds is 5. The van der Waals surface area contributed by atoms with E-state index in [-0.39, 0.29) is 11.9 Å². The number of carbonyl (C=O) groups is 1. The minimum absolute atomic E-state index is 0.273. The van der Waals surface area contributed by atoms with E-state index in [1.165, 1.54) is 18.4 Å². The maximum atomic E-state index is 11.5. The molecule has 0 bridgehead atoms. The lowest BCUT2D eigenvalue weighted by Gasteiger charge is -2.16. The molecule has 3 N–H and O–H groups in total. The Hall–Kier alpha value is -1.35. The van der Waals surface area contributed by atoms with Crippen LogP contribution in [0.4, 0.5) is 0 Å². The maximum absolute atomic E-state index is 11.5. The zero-order valence-corrected chi connectivity index (χ0v) is 9.86. The van der Waals surface area contributed by atoms with E-state index in [2.05, 4.69) is 17.4 Å². The van der Waals surface area contributed by atoms with Gasteiger partial charge in [0, 0.05) is 6.04 Å². The molecule has 1 unspecified atom stereocenters. The highest BCUT2D eigenvalue weighted by molar-refractivity contribution is 5.81. The van der Waals surface area contributed by atoms with Gasteiger partial charge in [0.25, 0.3) is 0 Å². The largest absolute Gasteiger partial charge is 0.368 e. The Bertz CT molecular complexity index is 436. The van der Waals surface area contributed by atoms with Gasteiger partial charge in [-0.25, -0.2) is 0 Å². The zero-order valence-electron chi connectivity index (χ0n) is 9.86. The zero-order chi connectivity index (χ0) is 11.8. The fourth-order valence-corrected chi connectivity index (χ4v) is 2.24. The standard InChI is InChI=1S/C14H18N2O/c15-14(17)13(16-12-6-7-12)11-3-1-2-10(8-11)9-4-5-9/h1-3,8-9,12-13,16H,4-7H2,(H2,15,17). The Labute approximate surface area is 101 Å². The van der Waals surface area contributed by atoms with Crippen LogP contribution in [0, 0.1) is 0 Å². The minimum atomic E-state index is -0.318. The van der Waals surface area contributed by atoms with Gasteiger partial charge >= 0.3 is 0 Å². The third-order valence-corrected chi connectivity index (χ3v) is 3.56. The van der Waals surface area contributed by atoms with Gasteiger partial charge in [0.1, 0.15) is 6.04 Å². The monoisotopic (exact) mass is 230 g/mol. The second-order valence-corrected chi connectivity index (χ2v) is 5.22. The first kappa shape index (κ1) is 10.8. The predicted molar refractivity (Wildman–Crippen MR) is 66.5 cm³/mol. The number of hydrogen-bond donors (Lipinski definition) is 2. The average molecular weight is 230 g/mol. The van der Waals surface area contributed by atoms with Gasteiger partial charge in [0.15, 0.2) is 0 Å². The highest BCUT2D eigenvalue weighted by atomic mass is 16.1. The van der Waals surface area contributed by atoms with E-state index in [1.807, 2.05) is 12.1 Å². The number of carbonyl (C=O) groups excluding carboxylic acids is 1. The Balaban J connectivity index is 1.82. The first-order valence-corrected chi connectivity index (χ1v) is 6.39. The highest BCUT2D eigenvalue weighted by Crippen LogP contribution is 2.40. The topological polar surface area (TPSA) is 55.1 Å². The molecule has 2 fully saturated rings. The molecule has 0 spiro atoms. The molecule has 90 valence electrons. The van der Waals surface area contributed by atoms with Crippen LogP contribution in [0.3, 0.4) is 0 Å². The number of benzene rings is 1. The van der Waals surface area contributed by atoms with Crippen molar-refractivity contribution in [2.75, 3.05) is 0 Å². The van der Waals surface area contributed by atoms with Gasteiger partial charge < -0.3 is 5.73 Å². The van der Waals surface area contributed by atoms with E-state index in [4.69, 9.17) is 5.73 Å². The molecule has 2 saturated carbocycles. The number of hydrogen-bond acceptors (Lipinski definition) is 2. The summed E-state index contributed by atoms with van der Waals surface area (Å²) in [6.45, 7) is 0. The Morgan fingerprint density at radius 1 is 1.29 bits per heavy atom. The number of nitrogens with two attached hydrogens (primary N) is 1. The summed E-state index contributed by atoms with van der Waals surface area (Å²) in [5, 5.41) is 3.32. The Morgan fingerprint density at radius 2 is 2.06 bits per heavy atom. The molecule has 1 atom stereocenters. The smallest absolute Gasteiger partial charge is 0.239 e. The lowest BCUT2D eigenvalue weighted by atomic mass is 10.0. The molecule has 0 aliphatic heterocycles. The molecule has 0 radical (unpaired) electrons. The quantitative estimate of drug-likeness (QED) is 0.811. The van der Waals surface area contributed by atoms with Crippen LogP contribution in [0.25, 0.3) is 0 Å². The second kappa shape index (κ2) is 4.15. The summed E-state index contributed by atoms with van der Waals surface area (Å²) in [6, 6.07) is 8.49. The van der Waals surface area contributed by atoms with E-state index >= 15 is 0 Å². The van der Waals surface area contributed by atoms with Crippen molar-refractivity contribution in [1.29, 1.82) is 0 Å². The second-order valence-electron chi connectivity index (χ2n) is 5.22. The number of primary amides is 1. The third kappa shape index (κ3) is 2.50. The number of amides is 1. The molecule has 2 aliphatic rings. The molecule has 3 rings (SSSR count). The first-order chi connectivity index (χ1) is 8.24. The average Bonchev–Trinajstić information content (AvgIpc) is 3.17. The highest BCUT2D eigenvalue weighted by Gasteiger charge is 2.29. The summed E-state index contributed by atoms with van der Waals surface area (Å²) in [6.07, 6.45) is 4.87. The molecule has 3 nitrogen and oxygen atoms in total. The van der Waals surface area contributed by atoms with Crippen molar-refractivity contribution in [2.45, 2.75) is 43.7 Å². The van der Waals surface area contributed by atoms with Crippen molar-refractivity contribution in [3.8, 4) is 0 Å². The molecule has 2 aliphatic carbocycles. The molecular formula is C14H18N2O. The number of nitrogens with one attached hydrogen (secondary N) is 1. The molecule has 0 aromatic heterocycles. The van der Waals surface area contributed by atoms with Crippen molar-refractivity contribution in [3.63, 3.8) is 0 Å². The van der Waals surface area contributed by atoms with Crippen LogP contribution in [-0.4, -0.2) is 11.9 Å². The van der Waals surface area contributed by atoms with Crippen molar-refractivity contribution in [2.24, 2.45) is 5.73 Å². The van der Waals surface area contributed by atoms with Crippen LogP contribution < -0.4 is 11.1 Å². The van der Waals surface area contributed by atoms with Crippen LogP contribution in [-0.2, 0) is 4.79 Å². The van der Waals surface area contributed by atoms with E-state index in [1.54, 1.807) is 0 Å². The summed E-state index contributed by atoms with van der Waals surface area (Å²) in [7, 11) is 0. The van der Waals surface area contributed by atoms with E-state index in [0.29, 0.717) is 12.0 Å². The SMILES string of the molecule is NC(=O)C(NC1CC1)c1cccc(C2CC2)c1. The van der Waals surface area contributed by atoms with Gasteiger partial charge in [-0.05, 0) is 42.7 Å². The van der Waals surface area contributed by atoms with Gasteiger partial charge in [0.2, 0.25) is 5.91 Å². The normalized spacial score (nSPS) is 21.2. The van der Waals surface area contributed by atoms with E-state index < -0.39 is 0 Å². The lowest BCUT2D eigenvalue weighted by molar-refractivity contribution is -0.120. The molecule has 0 saturated heterocycles. The minimum Gasteiger partial charge on any atom is -0.368 e. The Morgan fingerprint density at radius 3 is 2.65 bits per heavy atom. The summed E-state index contributed by atoms with van der Waals surface area (Å²) < 4.78 is 0. The molecular weight excluding hydrogens is 212 g/mol. The van der Waals surface area contributed by atoms with Gasteiger partial charge in [0.05, 0.1) is 0 Å². The van der Waals surface area contributed by atoms with Crippen molar-refractivity contribution >= 4 is 5.91 Å². The van der Waals surface area contributed by atoms with Crippen LogP contribution >= 0.6 is 0 Å². The fourth-order valence-electron chi connectivity index (χ4n) is 2.24. The molecule has 3 heteroatoms. The maximum Gasteiger partial charge on any atom is 0.239 e. The van der Waals surface area contributed by atoms with Crippen molar-refractivity contribution in [3.05, 3.63) is 35.4 Å². The summed E-state index contributed by atoms with van der Waals surface area (Å²) >= 11 is 0. The Kier molecular flexibility index (Phi) is 2.63. The molecule has 1 aromatic carbocycles. The fraction of sp³-hybridized carbons (Fsp3) is 0.500. The summed E-state index contributed by atoms with van der Waals surface area (Å²) in [4.78, 5) is 11.5. The molecule has 1 aromatic rings. The van der Waals surface area contributed by atoms with E-state index in [0.717, 1.165) is 18.4 Å². The van der Waals surface area contributed by atoms with Crippen molar-refractivity contribution in [1.82, 2.24) is 5.32 Å². The van der Waals surface area contributed by atoms with Gasteiger partial charge in [-0.2, -0.15) is 0 Å². The molecule has 1 amide bonds. The van der Waals surface area contributed by atoms with Crippen LogP contribution in [0.1, 0.15) is 48.8 Å². The molecule has 0 heterocycles. The van der Waals surface area contributed by atoms with Crippen LogP contribution in [0.15, 0.2) is 24.3 Å². The van der Waals surface area contributed by atoms with Crippen molar-refractivity contribution < 1.29 is 4.79 Å². The predicted octanol–water partition coefficient (Wildman–Crippen LogP) is 1.84. The summed E-state index contributed by atoms with van der Waals surface area (Å²) in [5.74, 6) is 0.439. The van der Waals surface area contributed by atoms with Crippen LogP contribution in [0.2, 0.25) is 0 Å². The third-order valence-electron chi connectivity index (χ3n) is 3.56. The van der Waals surface area contributed by atoms with Gasteiger partial charge in [-0.3, -0.25) is 10.1 Å². The molecule has 17 heavy (non-hydrogen) atoms. The van der Waals surface area contributed by atoms with E-state index in [9.17, 15) is 4.79 Å². The van der Waals surface area contributed by atoms with Crippen LogP contribution in [0.5, 0.6) is 0 Å². The summed E-state index contributed by atoms with van der Waals surface area (Å²) in [5.41, 5.74) is 7.86. The van der Waals surface area contributed by atoms with Gasteiger partial charge in [-0.15, -0.1) is 0 Å². The first-order valence-electron chi connectivity index (χ1n) is 6.39.